The number of aromatic hydroxyl groups is 1. The molecule has 1 aliphatic heterocycles. The van der Waals surface area contributed by atoms with E-state index in [1.54, 1.807) is 31.2 Å². The molecule has 3 atom stereocenters. The smallest absolute Gasteiger partial charge is 0.336 e. The molecule has 4 rings (SSSR count). The monoisotopic (exact) mass is 491 g/mol. The topological polar surface area (TPSA) is 111 Å². The molecule has 0 spiro atoms. The van der Waals surface area contributed by atoms with Gasteiger partial charge in [-0.2, -0.15) is 0 Å². The van der Waals surface area contributed by atoms with E-state index in [0.717, 1.165) is 0 Å². The molecule has 2 N–H and O–H groups in total. The fourth-order valence-electron chi connectivity index (χ4n) is 4.88. The normalized spacial score (nSPS) is 21.4. The first-order chi connectivity index (χ1) is 17.3. The third-order valence-electron chi connectivity index (χ3n) is 6.49. The number of nitrogens with one attached hydrogen (secondary N) is 1. The maximum atomic E-state index is 13.7. The molecule has 0 fully saturated rings. The molecule has 2 aliphatic rings. The highest BCUT2D eigenvalue weighted by Crippen LogP contribution is 2.45. The van der Waals surface area contributed by atoms with Crippen LogP contribution in [0.25, 0.3) is 0 Å². The molecule has 2 aromatic rings. The van der Waals surface area contributed by atoms with Gasteiger partial charge in [-0.25, -0.2) is 4.79 Å². The fourth-order valence-corrected chi connectivity index (χ4v) is 4.88. The first-order valence-corrected chi connectivity index (χ1v) is 11.8. The Balaban J connectivity index is 1.64. The zero-order chi connectivity index (χ0) is 25.8. The Bertz CT molecular complexity index is 1230. The Kier molecular flexibility index (Phi) is 7.43. The van der Waals surface area contributed by atoms with Gasteiger partial charge in [-0.3, -0.25) is 9.59 Å². The number of hydrogen-bond acceptors (Lipinski definition) is 8. The minimum atomic E-state index is -0.981. The van der Waals surface area contributed by atoms with Crippen LogP contribution < -0.4 is 10.1 Å². The van der Waals surface area contributed by atoms with E-state index in [-0.39, 0.29) is 30.5 Å². The van der Waals surface area contributed by atoms with Crippen molar-refractivity contribution >= 4 is 17.7 Å². The van der Waals surface area contributed by atoms with Crippen LogP contribution in [0.15, 0.2) is 77.1 Å². The molecule has 8 nitrogen and oxygen atoms in total. The number of methoxy groups -OCH3 is 1. The minimum Gasteiger partial charge on any atom is -0.508 e. The van der Waals surface area contributed by atoms with Crippen LogP contribution in [-0.2, 0) is 23.9 Å². The number of esters is 2. The van der Waals surface area contributed by atoms with Gasteiger partial charge in [0.1, 0.15) is 30.6 Å². The summed E-state index contributed by atoms with van der Waals surface area (Å²) in [6.45, 7) is 3.72. The van der Waals surface area contributed by atoms with Gasteiger partial charge in [0, 0.05) is 22.9 Å². The van der Waals surface area contributed by atoms with Crippen molar-refractivity contribution in [3.8, 4) is 11.5 Å². The summed E-state index contributed by atoms with van der Waals surface area (Å²) in [4.78, 5) is 39.5. The molecular formula is C28H29NO7. The predicted molar refractivity (Wildman–Crippen MR) is 131 cm³/mol. The summed E-state index contributed by atoms with van der Waals surface area (Å²) in [6, 6.07) is 15.6. The molecule has 188 valence electrons. The summed E-state index contributed by atoms with van der Waals surface area (Å²) in [5.74, 6) is -3.05. The standard InChI is InChI=1S/C28H29NO7/c1-16-14-21-25(26(31)22(16)27(32)34-3)24(18-8-7-9-19(30)15-18)23(17(2)29-21)28(33)36-13-12-35-20-10-5-4-6-11-20/h4-11,15-16,22,24,29-30H,12-14H2,1-3H3/t16-,22+,24-/m1/s1. The highest BCUT2D eigenvalue weighted by atomic mass is 16.6. The third-order valence-corrected chi connectivity index (χ3v) is 6.49. The minimum absolute atomic E-state index is 0.00105. The van der Waals surface area contributed by atoms with Crippen LogP contribution in [-0.4, -0.2) is 43.2 Å². The van der Waals surface area contributed by atoms with Crippen LogP contribution in [0.1, 0.15) is 31.7 Å². The number of benzene rings is 2. The lowest BCUT2D eigenvalue weighted by Gasteiger charge is -2.38. The molecule has 36 heavy (non-hydrogen) atoms. The second kappa shape index (κ2) is 10.7. The number of para-hydroxylation sites is 1. The van der Waals surface area contributed by atoms with Gasteiger partial charge in [0.2, 0.25) is 0 Å². The number of hydrogen-bond donors (Lipinski definition) is 2. The molecule has 8 heteroatoms. The van der Waals surface area contributed by atoms with Crippen molar-refractivity contribution < 1.29 is 33.7 Å². The number of ketones is 1. The van der Waals surface area contributed by atoms with Crippen LogP contribution in [0.5, 0.6) is 11.5 Å². The van der Waals surface area contributed by atoms with Crippen molar-refractivity contribution in [2.45, 2.75) is 26.2 Å². The quantitative estimate of drug-likeness (QED) is 0.343. The maximum Gasteiger partial charge on any atom is 0.336 e. The number of dihydropyridines is 1. The molecule has 0 amide bonds. The second-order valence-corrected chi connectivity index (χ2v) is 8.93. The Morgan fingerprint density at radius 2 is 1.83 bits per heavy atom. The van der Waals surface area contributed by atoms with Gasteiger partial charge < -0.3 is 24.6 Å². The van der Waals surface area contributed by atoms with Gasteiger partial charge in [0.05, 0.1) is 12.7 Å². The van der Waals surface area contributed by atoms with Crippen molar-refractivity contribution in [1.29, 1.82) is 0 Å². The van der Waals surface area contributed by atoms with E-state index in [9.17, 15) is 19.5 Å². The van der Waals surface area contributed by atoms with Crippen molar-refractivity contribution in [1.82, 2.24) is 5.32 Å². The van der Waals surface area contributed by atoms with Gasteiger partial charge in [0.25, 0.3) is 0 Å². The number of carbonyl (C=O) groups is 3. The molecule has 0 radical (unpaired) electrons. The zero-order valence-corrected chi connectivity index (χ0v) is 20.4. The number of carbonyl (C=O) groups excluding carboxylic acids is 3. The Labute approximate surface area is 209 Å². The van der Waals surface area contributed by atoms with E-state index in [0.29, 0.717) is 34.7 Å². The number of Topliss-reactive ketones (excluding diaryl/α,β-unsaturated/α-hetero) is 1. The number of phenolic OH excluding ortho intramolecular Hbond substituents is 1. The summed E-state index contributed by atoms with van der Waals surface area (Å²) in [6.07, 6.45) is 0.431. The average Bonchev–Trinajstić information content (AvgIpc) is 2.86. The maximum absolute atomic E-state index is 13.7. The van der Waals surface area contributed by atoms with Gasteiger partial charge in [-0.15, -0.1) is 0 Å². The number of phenols is 1. The van der Waals surface area contributed by atoms with E-state index in [4.69, 9.17) is 14.2 Å². The summed E-state index contributed by atoms with van der Waals surface area (Å²) < 4.78 is 16.1. The third kappa shape index (κ3) is 4.98. The average molecular weight is 492 g/mol. The lowest BCUT2D eigenvalue weighted by Crippen LogP contribution is -2.43. The molecule has 0 saturated heterocycles. The molecule has 1 aliphatic carbocycles. The largest absolute Gasteiger partial charge is 0.508 e. The van der Waals surface area contributed by atoms with E-state index in [1.165, 1.54) is 19.2 Å². The summed E-state index contributed by atoms with van der Waals surface area (Å²) in [5.41, 5.74) is 2.30. The van der Waals surface area contributed by atoms with Crippen LogP contribution in [0, 0.1) is 11.8 Å². The van der Waals surface area contributed by atoms with Crippen LogP contribution >= 0.6 is 0 Å². The Morgan fingerprint density at radius 1 is 1.08 bits per heavy atom. The number of rotatable bonds is 7. The van der Waals surface area contributed by atoms with E-state index < -0.39 is 29.6 Å². The van der Waals surface area contributed by atoms with Crippen molar-refractivity contribution in [3.05, 3.63) is 82.7 Å². The zero-order valence-electron chi connectivity index (χ0n) is 20.4. The van der Waals surface area contributed by atoms with E-state index >= 15 is 0 Å². The van der Waals surface area contributed by atoms with Gasteiger partial charge in [-0.1, -0.05) is 37.3 Å². The molecule has 2 aromatic carbocycles. The number of ether oxygens (including phenoxy) is 3. The van der Waals surface area contributed by atoms with Gasteiger partial charge in [-0.05, 0) is 49.1 Å². The van der Waals surface area contributed by atoms with Crippen LogP contribution in [0.2, 0.25) is 0 Å². The van der Waals surface area contributed by atoms with E-state index in [1.807, 2.05) is 25.1 Å². The summed E-state index contributed by atoms with van der Waals surface area (Å²) in [5, 5.41) is 13.4. The lowest BCUT2D eigenvalue weighted by atomic mass is 9.69. The summed E-state index contributed by atoms with van der Waals surface area (Å²) in [7, 11) is 1.25. The Hall–Kier alpha value is -4.07. The molecule has 0 saturated carbocycles. The highest BCUT2D eigenvalue weighted by molar-refractivity contribution is 6.12. The lowest BCUT2D eigenvalue weighted by molar-refractivity contribution is -0.151. The molecule has 1 heterocycles. The second-order valence-electron chi connectivity index (χ2n) is 8.93. The van der Waals surface area contributed by atoms with Crippen molar-refractivity contribution in [2.24, 2.45) is 11.8 Å². The van der Waals surface area contributed by atoms with Crippen LogP contribution in [0.4, 0.5) is 0 Å². The SMILES string of the molecule is COC(=O)[C@@H]1C(=O)C2=C(C[C@H]1C)NC(C)=C(C(=O)OCCOc1ccccc1)[C@H]2c1cccc(O)c1. The fraction of sp³-hybridized carbons (Fsp3) is 0.321. The first-order valence-electron chi connectivity index (χ1n) is 11.8. The van der Waals surface area contributed by atoms with Gasteiger partial charge >= 0.3 is 11.9 Å². The van der Waals surface area contributed by atoms with Crippen molar-refractivity contribution in [3.63, 3.8) is 0 Å². The van der Waals surface area contributed by atoms with Gasteiger partial charge in [0.15, 0.2) is 5.78 Å². The molecular weight excluding hydrogens is 462 g/mol. The van der Waals surface area contributed by atoms with E-state index in [2.05, 4.69) is 5.32 Å². The predicted octanol–water partition coefficient (Wildman–Crippen LogP) is 3.63. The molecule has 0 bridgehead atoms. The van der Waals surface area contributed by atoms with Crippen molar-refractivity contribution in [2.75, 3.05) is 20.3 Å². The van der Waals surface area contributed by atoms with Crippen LogP contribution in [0.3, 0.4) is 0 Å². The molecule has 0 aromatic heterocycles. The first kappa shape index (κ1) is 25.0. The Morgan fingerprint density at radius 3 is 2.53 bits per heavy atom. The number of allylic oxidation sites excluding steroid dienone is 3. The molecule has 0 unspecified atom stereocenters. The summed E-state index contributed by atoms with van der Waals surface area (Å²) >= 11 is 0. The highest BCUT2D eigenvalue weighted by Gasteiger charge is 2.47.